The predicted molar refractivity (Wildman–Crippen MR) is 126 cm³/mol. The standard InChI is InChI=1S/C27H23N3O3/c1-19-8-10-28-24(12-19)26(32)17-25(31)23-15-21(13-20-6-3-2-4-7-20)14-22(16-23)18-30-11-5-9-29-27(30)33/h2-12,14-16H,13,17-18H2,1H3. The molecule has 4 rings (SSSR count). The lowest BCUT2D eigenvalue weighted by Crippen LogP contribution is -2.22. The summed E-state index contributed by atoms with van der Waals surface area (Å²) < 4.78 is 1.48. The highest BCUT2D eigenvalue weighted by Crippen LogP contribution is 2.18. The van der Waals surface area contributed by atoms with Gasteiger partial charge in [0.1, 0.15) is 5.69 Å². The summed E-state index contributed by atoms with van der Waals surface area (Å²) >= 11 is 0. The van der Waals surface area contributed by atoms with Crippen molar-refractivity contribution < 1.29 is 9.59 Å². The third-order valence-electron chi connectivity index (χ3n) is 5.28. The Labute approximate surface area is 191 Å². The van der Waals surface area contributed by atoms with Crippen LogP contribution in [0.25, 0.3) is 0 Å². The van der Waals surface area contributed by atoms with Crippen molar-refractivity contribution in [3.05, 3.63) is 129 Å². The summed E-state index contributed by atoms with van der Waals surface area (Å²) in [7, 11) is 0. The van der Waals surface area contributed by atoms with Gasteiger partial charge in [0.25, 0.3) is 0 Å². The fraction of sp³-hybridized carbons (Fsp3) is 0.148. The minimum absolute atomic E-state index is 0.266. The second-order valence-corrected chi connectivity index (χ2v) is 7.97. The molecule has 0 amide bonds. The van der Waals surface area contributed by atoms with Crippen molar-refractivity contribution in [2.24, 2.45) is 0 Å². The van der Waals surface area contributed by atoms with Gasteiger partial charge in [-0.25, -0.2) is 9.78 Å². The van der Waals surface area contributed by atoms with Gasteiger partial charge in [-0.15, -0.1) is 0 Å². The normalized spacial score (nSPS) is 10.7. The molecule has 6 nitrogen and oxygen atoms in total. The van der Waals surface area contributed by atoms with E-state index < -0.39 is 0 Å². The number of carbonyl (C=O) groups is 2. The molecule has 0 saturated heterocycles. The van der Waals surface area contributed by atoms with Gasteiger partial charge in [0, 0.05) is 24.2 Å². The van der Waals surface area contributed by atoms with E-state index in [2.05, 4.69) is 9.97 Å². The smallest absolute Gasteiger partial charge is 0.295 e. The molecular weight excluding hydrogens is 414 g/mol. The lowest BCUT2D eigenvalue weighted by atomic mass is 9.96. The van der Waals surface area contributed by atoms with Crippen molar-refractivity contribution in [2.75, 3.05) is 0 Å². The Morgan fingerprint density at radius 3 is 2.36 bits per heavy atom. The molecule has 6 heteroatoms. The number of ketones is 2. The Hall–Kier alpha value is -4.19. The SMILES string of the molecule is Cc1ccnc(C(=O)CC(=O)c2cc(Cc3ccccc3)cc(Cn3cccnc3=O)c2)c1. The van der Waals surface area contributed by atoms with Gasteiger partial charge in [0.15, 0.2) is 11.6 Å². The summed E-state index contributed by atoms with van der Waals surface area (Å²) in [6.45, 7) is 2.16. The molecule has 164 valence electrons. The van der Waals surface area contributed by atoms with E-state index in [0.29, 0.717) is 12.0 Å². The van der Waals surface area contributed by atoms with Crippen LogP contribution >= 0.6 is 0 Å². The Balaban J connectivity index is 1.64. The maximum atomic E-state index is 13.1. The van der Waals surface area contributed by atoms with E-state index in [1.807, 2.05) is 49.4 Å². The van der Waals surface area contributed by atoms with Crippen LogP contribution in [-0.4, -0.2) is 26.1 Å². The molecule has 0 aliphatic rings. The zero-order valence-electron chi connectivity index (χ0n) is 18.3. The molecule has 0 bridgehead atoms. The molecule has 0 aliphatic carbocycles. The minimum Gasteiger partial charge on any atom is -0.295 e. The van der Waals surface area contributed by atoms with Crippen molar-refractivity contribution in [2.45, 2.75) is 26.3 Å². The summed E-state index contributed by atoms with van der Waals surface area (Å²) in [4.78, 5) is 45.7. The zero-order valence-corrected chi connectivity index (χ0v) is 18.3. The molecule has 0 N–H and O–H groups in total. The van der Waals surface area contributed by atoms with E-state index in [1.54, 1.807) is 36.7 Å². The van der Waals surface area contributed by atoms with Crippen LogP contribution in [0.4, 0.5) is 0 Å². The minimum atomic E-state index is -0.362. The number of pyridine rings is 1. The third kappa shape index (κ3) is 5.74. The second-order valence-electron chi connectivity index (χ2n) is 7.97. The largest absolute Gasteiger partial charge is 0.347 e. The molecule has 2 heterocycles. The van der Waals surface area contributed by atoms with Crippen LogP contribution in [0.15, 0.2) is 90.1 Å². The van der Waals surface area contributed by atoms with Crippen molar-refractivity contribution >= 4 is 11.6 Å². The number of hydrogen-bond donors (Lipinski definition) is 0. The number of carbonyl (C=O) groups excluding carboxylic acids is 2. The predicted octanol–water partition coefficient (Wildman–Crippen LogP) is 4.04. The van der Waals surface area contributed by atoms with Gasteiger partial charge >= 0.3 is 5.69 Å². The molecule has 0 spiro atoms. The lowest BCUT2D eigenvalue weighted by molar-refractivity contribution is 0.0891. The molecule has 0 atom stereocenters. The van der Waals surface area contributed by atoms with E-state index in [-0.39, 0.29) is 35.9 Å². The van der Waals surface area contributed by atoms with Crippen LogP contribution in [-0.2, 0) is 13.0 Å². The summed E-state index contributed by atoms with van der Waals surface area (Å²) in [5, 5.41) is 0. The van der Waals surface area contributed by atoms with Gasteiger partial charge in [0.2, 0.25) is 0 Å². The fourth-order valence-corrected chi connectivity index (χ4v) is 3.68. The number of rotatable bonds is 8. The van der Waals surface area contributed by atoms with E-state index >= 15 is 0 Å². The zero-order chi connectivity index (χ0) is 23.2. The lowest BCUT2D eigenvalue weighted by Gasteiger charge is -2.11. The van der Waals surface area contributed by atoms with Gasteiger partial charge in [0.05, 0.1) is 13.0 Å². The summed E-state index contributed by atoms with van der Waals surface area (Å²) in [5.41, 5.74) is 4.10. The molecule has 0 unspecified atom stereocenters. The number of Topliss-reactive ketones (excluding diaryl/α,β-unsaturated/α-hetero) is 2. The number of benzene rings is 2. The highest BCUT2D eigenvalue weighted by Gasteiger charge is 2.17. The first-order chi connectivity index (χ1) is 16.0. The quantitative estimate of drug-likeness (QED) is 0.307. The van der Waals surface area contributed by atoms with E-state index in [9.17, 15) is 14.4 Å². The average Bonchev–Trinajstić information content (AvgIpc) is 2.81. The molecule has 2 aromatic carbocycles. The van der Waals surface area contributed by atoms with Gasteiger partial charge in [-0.2, -0.15) is 0 Å². The Bertz CT molecular complexity index is 1360. The van der Waals surface area contributed by atoms with Crippen molar-refractivity contribution in [3.63, 3.8) is 0 Å². The first-order valence-corrected chi connectivity index (χ1v) is 10.7. The van der Waals surface area contributed by atoms with Crippen molar-refractivity contribution in [1.82, 2.24) is 14.5 Å². The van der Waals surface area contributed by atoms with Crippen LogP contribution in [0, 0.1) is 6.92 Å². The highest BCUT2D eigenvalue weighted by molar-refractivity contribution is 6.13. The summed E-state index contributed by atoms with van der Waals surface area (Å²) in [6.07, 6.45) is 5.04. The molecule has 0 aliphatic heterocycles. The third-order valence-corrected chi connectivity index (χ3v) is 5.28. The molecular formula is C27H23N3O3. The van der Waals surface area contributed by atoms with E-state index in [4.69, 9.17) is 0 Å². The molecule has 2 aromatic heterocycles. The average molecular weight is 437 g/mol. The molecule has 0 saturated carbocycles. The molecule has 33 heavy (non-hydrogen) atoms. The highest BCUT2D eigenvalue weighted by atomic mass is 16.2. The first kappa shape index (κ1) is 22.0. The van der Waals surface area contributed by atoms with Crippen LogP contribution in [0.3, 0.4) is 0 Å². The Kier molecular flexibility index (Phi) is 6.64. The van der Waals surface area contributed by atoms with Crippen LogP contribution in [0.5, 0.6) is 0 Å². The van der Waals surface area contributed by atoms with Gasteiger partial charge in [-0.05, 0) is 65.9 Å². The topological polar surface area (TPSA) is 81.9 Å². The number of nitrogens with zero attached hydrogens (tertiary/aromatic N) is 3. The van der Waals surface area contributed by atoms with E-state index in [1.165, 1.54) is 10.8 Å². The summed E-state index contributed by atoms with van der Waals surface area (Å²) in [6, 6.07) is 20.6. The molecule has 4 aromatic rings. The van der Waals surface area contributed by atoms with Gasteiger partial charge in [-0.1, -0.05) is 36.4 Å². The fourth-order valence-electron chi connectivity index (χ4n) is 3.68. The number of aryl methyl sites for hydroxylation is 1. The Morgan fingerprint density at radius 2 is 1.61 bits per heavy atom. The van der Waals surface area contributed by atoms with Crippen molar-refractivity contribution in [3.8, 4) is 0 Å². The molecule has 0 radical (unpaired) electrons. The van der Waals surface area contributed by atoms with Crippen molar-refractivity contribution in [1.29, 1.82) is 0 Å². The summed E-state index contributed by atoms with van der Waals surface area (Å²) in [5.74, 6) is -0.597. The van der Waals surface area contributed by atoms with Gasteiger partial charge in [-0.3, -0.25) is 19.1 Å². The monoisotopic (exact) mass is 437 g/mol. The van der Waals surface area contributed by atoms with Crippen LogP contribution in [0.2, 0.25) is 0 Å². The first-order valence-electron chi connectivity index (χ1n) is 10.7. The van der Waals surface area contributed by atoms with E-state index in [0.717, 1.165) is 22.3 Å². The molecule has 0 fully saturated rings. The maximum Gasteiger partial charge on any atom is 0.347 e. The second kappa shape index (κ2) is 9.96. The van der Waals surface area contributed by atoms with Crippen LogP contribution in [0.1, 0.15) is 49.5 Å². The Morgan fingerprint density at radius 1 is 0.818 bits per heavy atom. The number of hydrogen-bond acceptors (Lipinski definition) is 5. The van der Waals surface area contributed by atoms with Gasteiger partial charge < -0.3 is 0 Å². The van der Waals surface area contributed by atoms with Crippen LogP contribution < -0.4 is 5.69 Å². The number of aromatic nitrogens is 3. The maximum absolute atomic E-state index is 13.1.